The summed E-state index contributed by atoms with van der Waals surface area (Å²) in [7, 11) is 1.59. The third-order valence-corrected chi connectivity index (χ3v) is 6.87. The van der Waals surface area contributed by atoms with Crippen molar-refractivity contribution >= 4 is 28.4 Å². The number of hydrogen-bond acceptors (Lipinski definition) is 8. The highest BCUT2D eigenvalue weighted by Crippen LogP contribution is 2.35. The Morgan fingerprint density at radius 1 is 1.17 bits per heavy atom. The number of benzene rings is 2. The van der Waals surface area contributed by atoms with Gasteiger partial charge in [-0.2, -0.15) is 4.98 Å². The van der Waals surface area contributed by atoms with Crippen LogP contribution in [0, 0.1) is 6.92 Å². The van der Waals surface area contributed by atoms with Crippen molar-refractivity contribution in [1.82, 2.24) is 29.3 Å². The molecule has 5 aromatic rings. The number of aromatic nitrogens is 6. The van der Waals surface area contributed by atoms with Crippen LogP contribution in [0.4, 0.5) is 0 Å². The molecule has 1 atom stereocenters. The zero-order valence-electron chi connectivity index (χ0n) is 20.1. The van der Waals surface area contributed by atoms with Gasteiger partial charge in [0.25, 0.3) is 5.56 Å². The summed E-state index contributed by atoms with van der Waals surface area (Å²) in [5, 5.41) is 14.0. The van der Waals surface area contributed by atoms with Gasteiger partial charge in [0.05, 0.1) is 29.0 Å². The average molecular weight is 491 g/mol. The first kappa shape index (κ1) is 23.1. The second kappa shape index (κ2) is 9.53. The standard InChI is InChI=1S/C25H26N6O3S/c1-5-6-11-21-26-22(34-29-21)16(3)35-25-28-27-24-30(19-14-15(2)12-13-20(19)33-4)23(32)17-9-7-8-10-18(17)31(24)25/h7-10,12-14,16H,5-6,11H2,1-4H3. The maximum absolute atomic E-state index is 13.7. The van der Waals surface area contributed by atoms with Crippen LogP contribution in [-0.2, 0) is 6.42 Å². The number of hydrogen-bond donors (Lipinski definition) is 0. The van der Waals surface area contributed by atoms with Crippen LogP contribution in [0.5, 0.6) is 5.75 Å². The van der Waals surface area contributed by atoms with E-state index in [1.807, 2.05) is 60.7 Å². The molecule has 180 valence electrons. The Bertz CT molecular complexity index is 1570. The number of para-hydroxylation sites is 1. The summed E-state index contributed by atoms with van der Waals surface area (Å²) in [5.41, 5.74) is 2.15. The number of thioether (sulfide) groups is 1. The predicted molar refractivity (Wildman–Crippen MR) is 135 cm³/mol. The fourth-order valence-electron chi connectivity index (χ4n) is 4.02. The molecule has 0 aliphatic heterocycles. The summed E-state index contributed by atoms with van der Waals surface area (Å²) in [4.78, 5) is 18.2. The summed E-state index contributed by atoms with van der Waals surface area (Å²) in [6.07, 6.45) is 2.88. The lowest BCUT2D eigenvalue weighted by Crippen LogP contribution is -2.22. The van der Waals surface area contributed by atoms with Crippen molar-refractivity contribution in [3.8, 4) is 11.4 Å². The molecule has 5 rings (SSSR count). The van der Waals surface area contributed by atoms with Gasteiger partial charge in [0.15, 0.2) is 11.0 Å². The zero-order valence-corrected chi connectivity index (χ0v) is 20.9. The van der Waals surface area contributed by atoms with Crippen molar-refractivity contribution < 1.29 is 9.26 Å². The molecule has 10 heteroatoms. The Hall–Kier alpha value is -3.66. The van der Waals surface area contributed by atoms with Gasteiger partial charge in [-0.3, -0.25) is 9.20 Å². The molecule has 35 heavy (non-hydrogen) atoms. The number of nitrogens with zero attached hydrogens (tertiary/aromatic N) is 6. The second-order valence-electron chi connectivity index (χ2n) is 8.36. The predicted octanol–water partition coefficient (Wildman–Crippen LogP) is 4.93. The molecule has 3 heterocycles. The van der Waals surface area contributed by atoms with Gasteiger partial charge in [0.2, 0.25) is 11.7 Å². The topological polar surface area (TPSA) is 100 Å². The van der Waals surface area contributed by atoms with Crippen molar-refractivity contribution in [2.24, 2.45) is 0 Å². The van der Waals surface area contributed by atoms with Gasteiger partial charge in [-0.1, -0.05) is 48.5 Å². The Kier molecular flexibility index (Phi) is 6.29. The number of ether oxygens (including phenoxy) is 1. The van der Waals surface area contributed by atoms with Crippen LogP contribution in [-0.4, -0.2) is 36.4 Å². The van der Waals surface area contributed by atoms with E-state index < -0.39 is 0 Å². The fourth-order valence-corrected chi connectivity index (χ4v) is 4.91. The Morgan fingerprint density at radius 2 is 2.00 bits per heavy atom. The number of aryl methyl sites for hydroxylation is 2. The normalized spacial score (nSPS) is 12.5. The Balaban J connectivity index is 1.66. The lowest BCUT2D eigenvalue weighted by Gasteiger charge is -2.15. The molecule has 0 saturated carbocycles. The molecular formula is C25H26N6O3S. The Labute approximate surface area is 206 Å². The molecule has 0 aliphatic carbocycles. The third kappa shape index (κ3) is 4.18. The number of fused-ring (bicyclic) bond motifs is 3. The third-order valence-electron chi connectivity index (χ3n) is 5.84. The minimum absolute atomic E-state index is 0.155. The average Bonchev–Trinajstić information content (AvgIpc) is 3.51. The van der Waals surface area contributed by atoms with E-state index >= 15 is 0 Å². The van der Waals surface area contributed by atoms with Gasteiger partial charge in [0, 0.05) is 6.42 Å². The molecule has 0 saturated heterocycles. The summed E-state index contributed by atoms with van der Waals surface area (Å²) in [6.45, 7) is 6.09. The first-order chi connectivity index (χ1) is 17.0. The van der Waals surface area contributed by atoms with E-state index in [4.69, 9.17) is 9.26 Å². The Morgan fingerprint density at radius 3 is 2.80 bits per heavy atom. The molecule has 0 fully saturated rings. The van der Waals surface area contributed by atoms with E-state index in [1.54, 1.807) is 11.7 Å². The molecule has 2 aromatic carbocycles. The quantitative estimate of drug-likeness (QED) is 0.282. The summed E-state index contributed by atoms with van der Waals surface area (Å²) < 4.78 is 14.6. The van der Waals surface area contributed by atoms with Crippen molar-refractivity contribution in [3.05, 3.63) is 70.1 Å². The van der Waals surface area contributed by atoms with Crippen LogP contribution < -0.4 is 10.3 Å². The van der Waals surface area contributed by atoms with Crippen molar-refractivity contribution in [2.75, 3.05) is 7.11 Å². The minimum atomic E-state index is -0.188. The maximum Gasteiger partial charge on any atom is 0.267 e. The van der Waals surface area contributed by atoms with Crippen LogP contribution in [0.2, 0.25) is 0 Å². The molecular weight excluding hydrogens is 464 g/mol. The van der Waals surface area contributed by atoms with E-state index in [0.29, 0.717) is 39.5 Å². The molecule has 0 radical (unpaired) electrons. The lowest BCUT2D eigenvalue weighted by atomic mass is 10.2. The van der Waals surface area contributed by atoms with Crippen LogP contribution in [0.15, 0.2) is 56.9 Å². The van der Waals surface area contributed by atoms with Crippen molar-refractivity contribution in [2.45, 2.75) is 50.4 Å². The monoisotopic (exact) mass is 490 g/mol. The zero-order chi connectivity index (χ0) is 24.5. The fraction of sp³-hybridized carbons (Fsp3) is 0.320. The van der Waals surface area contributed by atoms with Crippen molar-refractivity contribution in [3.63, 3.8) is 0 Å². The van der Waals surface area contributed by atoms with Crippen LogP contribution >= 0.6 is 11.8 Å². The van der Waals surface area contributed by atoms with E-state index in [2.05, 4.69) is 27.3 Å². The number of rotatable bonds is 8. The van der Waals surface area contributed by atoms with Crippen LogP contribution in [0.1, 0.15) is 49.2 Å². The first-order valence-electron chi connectivity index (χ1n) is 11.5. The smallest absolute Gasteiger partial charge is 0.267 e. The highest BCUT2D eigenvalue weighted by molar-refractivity contribution is 7.99. The first-order valence-corrected chi connectivity index (χ1v) is 12.4. The van der Waals surface area contributed by atoms with Gasteiger partial charge in [-0.05, 0) is 50.1 Å². The molecule has 0 bridgehead atoms. The summed E-state index contributed by atoms with van der Waals surface area (Å²) >= 11 is 1.45. The maximum atomic E-state index is 13.7. The second-order valence-corrected chi connectivity index (χ2v) is 9.67. The van der Waals surface area contributed by atoms with E-state index in [0.717, 1.165) is 30.3 Å². The van der Waals surface area contributed by atoms with Gasteiger partial charge >= 0.3 is 0 Å². The van der Waals surface area contributed by atoms with E-state index in [-0.39, 0.29) is 10.8 Å². The molecule has 0 aliphatic rings. The summed E-state index contributed by atoms with van der Waals surface area (Å²) in [6, 6.07) is 13.2. The lowest BCUT2D eigenvalue weighted by molar-refractivity contribution is 0.374. The van der Waals surface area contributed by atoms with Crippen LogP contribution in [0.3, 0.4) is 0 Å². The summed E-state index contributed by atoms with van der Waals surface area (Å²) in [5.74, 6) is 2.23. The highest BCUT2D eigenvalue weighted by Gasteiger charge is 2.23. The van der Waals surface area contributed by atoms with E-state index in [9.17, 15) is 4.79 Å². The molecule has 3 aromatic heterocycles. The highest BCUT2D eigenvalue weighted by atomic mass is 32.2. The van der Waals surface area contributed by atoms with Crippen LogP contribution in [0.25, 0.3) is 22.4 Å². The minimum Gasteiger partial charge on any atom is -0.495 e. The molecule has 0 amide bonds. The van der Waals surface area contributed by atoms with Gasteiger partial charge in [0.1, 0.15) is 5.75 Å². The number of methoxy groups -OCH3 is 1. The van der Waals surface area contributed by atoms with Gasteiger partial charge in [-0.15, -0.1) is 10.2 Å². The SMILES string of the molecule is CCCCc1noc(C(C)Sc2nnc3n(-c4cc(C)ccc4OC)c(=O)c4ccccc4n23)n1. The molecule has 0 N–H and O–H groups in total. The van der Waals surface area contributed by atoms with Gasteiger partial charge in [-0.25, -0.2) is 4.57 Å². The van der Waals surface area contributed by atoms with E-state index in [1.165, 1.54) is 11.8 Å². The van der Waals surface area contributed by atoms with Gasteiger partial charge < -0.3 is 9.26 Å². The molecule has 9 nitrogen and oxygen atoms in total. The van der Waals surface area contributed by atoms with Crippen molar-refractivity contribution in [1.29, 1.82) is 0 Å². The number of unbranched alkanes of at least 4 members (excludes halogenated alkanes) is 1. The largest absolute Gasteiger partial charge is 0.495 e. The molecule has 0 spiro atoms. The molecule has 1 unspecified atom stereocenters.